The molecule has 4 N–H and O–H groups in total. The van der Waals surface area contributed by atoms with E-state index in [0.717, 1.165) is 0 Å². The molecule has 0 radical (unpaired) electrons. The van der Waals surface area contributed by atoms with Crippen molar-refractivity contribution in [3.8, 4) is 0 Å². The molecule has 0 aromatic heterocycles. The highest BCUT2D eigenvalue weighted by atomic mass is 32.2. The number of rotatable bonds is 0. The molecule has 0 aromatic carbocycles. The molecular weight excluding hydrogens is 624 g/mol. The topological polar surface area (TPSA) is 217 Å². The second-order valence-electron chi connectivity index (χ2n) is 3.68. The summed E-state index contributed by atoms with van der Waals surface area (Å²) in [6, 6.07) is 0. The Labute approximate surface area is 178 Å². The molecule has 0 aromatic rings. The van der Waals surface area contributed by atoms with Gasteiger partial charge in [0.15, 0.2) is 0 Å². The Kier molecular flexibility index (Phi) is 16.2. The molecular formula is C4H8F12O12S4Si. The van der Waals surface area contributed by atoms with Gasteiger partial charge in [-0.3, -0.25) is 18.2 Å². The molecule has 33 heavy (non-hydrogen) atoms. The van der Waals surface area contributed by atoms with Crippen LogP contribution < -0.4 is 0 Å². The zero-order chi connectivity index (χ0) is 28.0. The minimum Gasteiger partial charge on any atom is -0.279 e. The van der Waals surface area contributed by atoms with Crippen LogP contribution in [0.3, 0.4) is 0 Å². The van der Waals surface area contributed by atoms with Crippen LogP contribution in [0.2, 0.25) is 0 Å². The van der Waals surface area contributed by atoms with Crippen LogP contribution in [0.15, 0.2) is 0 Å². The van der Waals surface area contributed by atoms with E-state index < -0.39 is 62.5 Å². The summed E-state index contributed by atoms with van der Waals surface area (Å²) in [5, 5.41) is 0. The number of hydrogen-bond acceptors (Lipinski definition) is 8. The molecule has 0 bridgehead atoms. The van der Waals surface area contributed by atoms with E-state index in [1.807, 2.05) is 0 Å². The normalized spacial score (nSPS) is 13.6. The molecule has 0 spiro atoms. The monoisotopic (exact) mass is 632 g/mol. The van der Waals surface area contributed by atoms with Crippen molar-refractivity contribution in [2.24, 2.45) is 0 Å². The third-order valence-corrected chi connectivity index (χ3v) is 3.51. The molecule has 0 heterocycles. The van der Waals surface area contributed by atoms with Crippen molar-refractivity contribution in [1.82, 2.24) is 0 Å². The van der Waals surface area contributed by atoms with Gasteiger partial charge >= 0.3 is 62.5 Å². The minimum atomic E-state index is -5.84. The van der Waals surface area contributed by atoms with Crippen LogP contribution in [0.5, 0.6) is 0 Å². The number of halogens is 12. The first-order chi connectivity index (χ1) is 13.0. The molecule has 0 saturated carbocycles. The minimum absolute atomic E-state index is 0. The molecule has 0 aliphatic heterocycles. The van der Waals surface area contributed by atoms with Crippen molar-refractivity contribution in [3.63, 3.8) is 0 Å². The molecule has 0 amide bonds. The van der Waals surface area contributed by atoms with Crippen LogP contribution in [-0.2, 0) is 40.5 Å². The maximum atomic E-state index is 10.7. The number of hydrogen-bond donors (Lipinski definition) is 4. The Morgan fingerprint density at radius 2 is 0.364 bits per heavy atom. The van der Waals surface area contributed by atoms with Gasteiger partial charge in [0.25, 0.3) is 0 Å². The average molecular weight is 632 g/mol. The van der Waals surface area contributed by atoms with Crippen LogP contribution >= 0.6 is 0 Å². The van der Waals surface area contributed by atoms with E-state index >= 15 is 0 Å². The van der Waals surface area contributed by atoms with Crippen molar-refractivity contribution < 1.29 is 105 Å². The molecule has 12 nitrogen and oxygen atoms in total. The van der Waals surface area contributed by atoms with Gasteiger partial charge in [-0.15, -0.1) is 0 Å². The van der Waals surface area contributed by atoms with E-state index in [9.17, 15) is 52.7 Å². The molecule has 0 rings (SSSR count). The smallest absolute Gasteiger partial charge is 0.279 e. The molecule has 208 valence electrons. The van der Waals surface area contributed by atoms with Gasteiger partial charge in [-0.1, -0.05) is 0 Å². The van der Waals surface area contributed by atoms with Gasteiger partial charge in [-0.05, 0) is 11.0 Å². The quantitative estimate of drug-likeness (QED) is 0.121. The first-order valence-electron chi connectivity index (χ1n) is 5.15. The van der Waals surface area contributed by atoms with Crippen molar-refractivity contribution in [2.45, 2.75) is 22.0 Å². The average Bonchev–Trinajstić information content (AvgIpc) is 2.30. The highest BCUT2D eigenvalue weighted by Gasteiger charge is 2.46. The molecule has 0 fully saturated rings. The third kappa shape index (κ3) is 21.3. The maximum absolute atomic E-state index is 10.7. The summed E-state index contributed by atoms with van der Waals surface area (Å²) in [7, 11) is -23.4. The highest BCUT2D eigenvalue weighted by molar-refractivity contribution is 7.87. The molecule has 0 aliphatic carbocycles. The van der Waals surface area contributed by atoms with E-state index in [1.165, 1.54) is 0 Å². The van der Waals surface area contributed by atoms with Gasteiger partial charge in [0.05, 0.1) is 0 Å². The summed E-state index contributed by atoms with van der Waals surface area (Å²) in [5.74, 6) is 0. The van der Waals surface area contributed by atoms with E-state index in [0.29, 0.717) is 0 Å². The third-order valence-electron chi connectivity index (χ3n) is 1.17. The van der Waals surface area contributed by atoms with Gasteiger partial charge in [0.2, 0.25) is 0 Å². The Bertz CT molecular complexity index is 828. The second kappa shape index (κ2) is 12.6. The summed E-state index contributed by atoms with van der Waals surface area (Å²) in [5.41, 5.74) is -22.1. The van der Waals surface area contributed by atoms with Crippen molar-refractivity contribution in [3.05, 3.63) is 0 Å². The predicted molar refractivity (Wildman–Crippen MR) is 81.7 cm³/mol. The van der Waals surface area contributed by atoms with Crippen LogP contribution in [-0.4, -0.2) is 84.9 Å². The number of alkyl halides is 12. The van der Waals surface area contributed by atoms with Crippen molar-refractivity contribution in [2.75, 3.05) is 0 Å². The molecule has 0 atom stereocenters. The fourth-order valence-corrected chi connectivity index (χ4v) is 0. The van der Waals surface area contributed by atoms with Crippen LogP contribution in [0.1, 0.15) is 0 Å². The molecule has 0 unspecified atom stereocenters. The van der Waals surface area contributed by atoms with E-state index in [-0.39, 0.29) is 11.0 Å². The summed E-state index contributed by atoms with van der Waals surface area (Å²) in [4.78, 5) is 0. The predicted octanol–water partition coefficient (Wildman–Crippen LogP) is 0.124. The first-order valence-corrected chi connectivity index (χ1v) is 10.9. The lowest BCUT2D eigenvalue weighted by molar-refractivity contribution is -0.0514. The summed E-state index contributed by atoms with van der Waals surface area (Å²) < 4.78 is 230. The summed E-state index contributed by atoms with van der Waals surface area (Å²) in [6.45, 7) is 0. The lowest BCUT2D eigenvalue weighted by atomic mass is 11.6. The van der Waals surface area contributed by atoms with Gasteiger partial charge in [-0.2, -0.15) is 86.4 Å². The zero-order valence-electron chi connectivity index (χ0n) is 13.2. The molecule has 29 heteroatoms. The molecule has 0 saturated heterocycles. The zero-order valence-corrected chi connectivity index (χ0v) is 16.5. The summed E-state index contributed by atoms with van der Waals surface area (Å²) >= 11 is 0. The lowest BCUT2D eigenvalue weighted by Crippen LogP contribution is -2.21. The maximum Gasteiger partial charge on any atom is 0.522 e. The fraction of sp³-hybridized carbons (Fsp3) is 1.00. The Morgan fingerprint density at radius 3 is 0.364 bits per heavy atom. The Balaban J connectivity index is -0.000000105. The van der Waals surface area contributed by atoms with E-state index in [1.54, 1.807) is 0 Å². The van der Waals surface area contributed by atoms with Crippen molar-refractivity contribution in [1.29, 1.82) is 0 Å². The van der Waals surface area contributed by atoms with Gasteiger partial charge in [0.1, 0.15) is 0 Å². The Morgan fingerprint density at radius 1 is 0.333 bits per heavy atom. The van der Waals surface area contributed by atoms with Crippen LogP contribution in [0, 0.1) is 0 Å². The molecule has 0 aliphatic rings. The van der Waals surface area contributed by atoms with Crippen LogP contribution in [0.4, 0.5) is 52.7 Å². The van der Waals surface area contributed by atoms with E-state index in [4.69, 9.17) is 51.9 Å². The van der Waals surface area contributed by atoms with Gasteiger partial charge in [-0.25, -0.2) is 0 Å². The van der Waals surface area contributed by atoms with Gasteiger partial charge < -0.3 is 0 Å². The summed E-state index contributed by atoms with van der Waals surface area (Å²) in [6.07, 6.45) is 0. The van der Waals surface area contributed by atoms with E-state index in [2.05, 4.69) is 0 Å². The van der Waals surface area contributed by atoms with Crippen molar-refractivity contribution >= 4 is 51.4 Å². The fourth-order valence-electron chi connectivity index (χ4n) is 0. The standard InChI is InChI=1S/4CHF3O3S.H4Si/c4*2-1(3,4)8(5,6)7;/h4*(H,5,6,7);1H4. The largest absolute Gasteiger partial charge is 0.522 e. The Hall–Kier alpha value is -0.983. The highest BCUT2D eigenvalue weighted by Crippen LogP contribution is 2.22. The first kappa shape index (κ1) is 42.2. The SMILES string of the molecule is O=S(=O)(O)C(F)(F)F.O=S(=O)(O)C(F)(F)F.O=S(=O)(O)C(F)(F)F.O=S(=O)(O)C(F)(F)F.[SiH4]. The van der Waals surface area contributed by atoms with Gasteiger partial charge in [0, 0.05) is 0 Å². The lowest BCUT2D eigenvalue weighted by Gasteiger charge is -1.97. The van der Waals surface area contributed by atoms with Crippen LogP contribution in [0.25, 0.3) is 0 Å². The second-order valence-corrected chi connectivity index (χ2v) is 9.34.